The van der Waals surface area contributed by atoms with E-state index in [4.69, 9.17) is 5.11 Å². The number of benzene rings is 1. The van der Waals surface area contributed by atoms with E-state index >= 15 is 0 Å². The monoisotopic (exact) mass is 326 g/mol. The molecule has 0 aliphatic carbocycles. The standard InChI is InChI=1S/C12H11BrN2O4/c13-6-1-2-8(7(5-6)12(18)19)15-11(17)9-3-4-10(16)14-9/h1-2,5,9H,3-4H2,(H,14,16)(H,15,17)(H,18,19). The lowest BCUT2D eigenvalue weighted by atomic mass is 10.1. The van der Waals surface area contributed by atoms with Gasteiger partial charge >= 0.3 is 5.97 Å². The lowest BCUT2D eigenvalue weighted by molar-refractivity contribution is -0.122. The predicted molar refractivity (Wildman–Crippen MR) is 70.9 cm³/mol. The van der Waals surface area contributed by atoms with Crippen LogP contribution in [0.2, 0.25) is 0 Å². The first-order chi connectivity index (χ1) is 8.97. The highest BCUT2D eigenvalue weighted by molar-refractivity contribution is 9.10. The first-order valence-electron chi connectivity index (χ1n) is 5.60. The van der Waals surface area contributed by atoms with Crippen LogP contribution in [0.25, 0.3) is 0 Å². The smallest absolute Gasteiger partial charge is 0.337 e. The van der Waals surface area contributed by atoms with Crippen molar-refractivity contribution in [3.05, 3.63) is 28.2 Å². The molecular weight excluding hydrogens is 316 g/mol. The van der Waals surface area contributed by atoms with Crippen LogP contribution in [-0.2, 0) is 9.59 Å². The molecule has 1 fully saturated rings. The second kappa shape index (κ2) is 5.40. The second-order valence-corrected chi connectivity index (χ2v) is 5.06. The Bertz CT molecular complexity index is 559. The van der Waals surface area contributed by atoms with E-state index in [0.29, 0.717) is 17.3 Å². The number of hydrogen-bond donors (Lipinski definition) is 3. The summed E-state index contributed by atoms with van der Waals surface area (Å²) in [7, 11) is 0. The molecule has 19 heavy (non-hydrogen) atoms. The molecule has 100 valence electrons. The first-order valence-corrected chi connectivity index (χ1v) is 6.40. The van der Waals surface area contributed by atoms with Crippen molar-refractivity contribution in [3.63, 3.8) is 0 Å². The molecule has 0 aromatic heterocycles. The van der Waals surface area contributed by atoms with Crippen LogP contribution in [-0.4, -0.2) is 28.9 Å². The van der Waals surface area contributed by atoms with Crippen LogP contribution in [0.5, 0.6) is 0 Å². The number of anilines is 1. The van der Waals surface area contributed by atoms with Gasteiger partial charge in [0.15, 0.2) is 0 Å². The number of carboxylic acid groups (broad SMARTS) is 1. The number of nitrogens with one attached hydrogen (secondary N) is 2. The topological polar surface area (TPSA) is 95.5 Å². The van der Waals surface area contributed by atoms with Gasteiger partial charge in [-0.2, -0.15) is 0 Å². The van der Waals surface area contributed by atoms with E-state index < -0.39 is 17.9 Å². The fourth-order valence-electron chi connectivity index (χ4n) is 1.83. The quantitative estimate of drug-likeness (QED) is 0.781. The number of hydrogen-bond acceptors (Lipinski definition) is 3. The van der Waals surface area contributed by atoms with E-state index in [9.17, 15) is 14.4 Å². The fourth-order valence-corrected chi connectivity index (χ4v) is 2.19. The minimum Gasteiger partial charge on any atom is -0.478 e. The minimum absolute atomic E-state index is 0.00736. The summed E-state index contributed by atoms with van der Waals surface area (Å²) in [4.78, 5) is 34.0. The maximum absolute atomic E-state index is 11.9. The van der Waals surface area contributed by atoms with E-state index in [2.05, 4.69) is 26.6 Å². The van der Waals surface area contributed by atoms with Crippen LogP contribution < -0.4 is 10.6 Å². The van der Waals surface area contributed by atoms with E-state index in [-0.39, 0.29) is 17.2 Å². The summed E-state index contributed by atoms with van der Waals surface area (Å²) in [6, 6.07) is 3.95. The molecule has 0 spiro atoms. The second-order valence-electron chi connectivity index (χ2n) is 4.14. The Hall–Kier alpha value is -1.89. The predicted octanol–water partition coefficient (Wildman–Crippen LogP) is 1.36. The van der Waals surface area contributed by atoms with E-state index in [0.717, 1.165) is 0 Å². The summed E-state index contributed by atoms with van der Waals surface area (Å²) in [5, 5.41) is 14.1. The molecule has 1 aromatic carbocycles. The number of carbonyl (C=O) groups excluding carboxylic acids is 2. The molecule has 1 atom stereocenters. The van der Waals surface area contributed by atoms with Gasteiger partial charge in [-0.05, 0) is 24.6 Å². The van der Waals surface area contributed by atoms with Crippen LogP contribution in [0.4, 0.5) is 5.69 Å². The van der Waals surface area contributed by atoms with Crippen LogP contribution in [0.1, 0.15) is 23.2 Å². The average Bonchev–Trinajstić information content (AvgIpc) is 2.78. The summed E-state index contributed by atoms with van der Waals surface area (Å²) in [6.45, 7) is 0. The first kappa shape index (κ1) is 13.5. The molecule has 6 nitrogen and oxygen atoms in total. The number of carbonyl (C=O) groups is 3. The Morgan fingerprint density at radius 2 is 2.16 bits per heavy atom. The Kier molecular flexibility index (Phi) is 3.84. The van der Waals surface area contributed by atoms with E-state index in [1.54, 1.807) is 6.07 Å². The number of carboxylic acids is 1. The van der Waals surface area contributed by atoms with Gasteiger partial charge in [-0.25, -0.2) is 4.79 Å². The van der Waals surface area contributed by atoms with E-state index in [1.807, 2.05) is 0 Å². The van der Waals surface area contributed by atoms with Gasteiger partial charge in [0.05, 0.1) is 11.3 Å². The Labute approximate surface area is 117 Å². The van der Waals surface area contributed by atoms with Gasteiger partial charge in [0.1, 0.15) is 6.04 Å². The van der Waals surface area contributed by atoms with Gasteiger partial charge in [-0.15, -0.1) is 0 Å². The van der Waals surface area contributed by atoms with E-state index in [1.165, 1.54) is 12.1 Å². The summed E-state index contributed by atoms with van der Waals surface area (Å²) >= 11 is 3.17. The van der Waals surface area contributed by atoms with Gasteiger partial charge in [0.25, 0.3) is 0 Å². The normalized spacial score (nSPS) is 17.9. The van der Waals surface area contributed by atoms with Gasteiger partial charge in [-0.3, -0.25) is 9.59 Å². The third-order valence-corrected chi connectivity index (χ3v) is 3.27. The highest BCUT2D eigenvalue weighted by Gasteiger charge is 2.27. The third kappa shape index (κ3) is 3.11. The zero-order valence-corrected chi connectivity index (χ0v) is 11.4. The van der Waals surface area contributed by atoms with Crippen LogP contribution in [0.3, 0.4) is 0 Å². The number of aromatic carboxylic acids is 1. The molecule has 1 heterocycles. The molecule has 0 bridgehead atoms. The zero-order valence-electron chi connectivity index (χ0n) is 9.77. The molecule has 2 amide bonds. The summed E-state index contributed by atoms with van der Waals surface area (Å²) in [5.41, 5.74) is 0.203. The van der Waals surface area contributed by atoms with Crippen molar-refractivity contribution in [2.24, 2.45) is 0 Å². The highest BCUT2D eigenvalue weighted by atomic mass is 79.9. The SMILES string of the molecule is O=C1CCC(C(=O)Nc2ccc(Br)cc2C(=O)O)N1. The van der Waals surface area contributed by atoms with Crippen LogP contribution in [0, 0.1) is 0 Å². The third-order valence-electron chi connectivity index (χ3n) is 2.78. The Morgan fingerprint density at radius 3 is 2.74 bits per heavy atom. The molecule has 0 radical (unpaired) electrons. The van der Waals surface area contributed by atoms with Crippen molar-refractivity contribution in [3.8, 4) is 0 Å². The Morgan fingerprint density at radius 1 is 1.42 bits per heavy atom. The molecule has 2 rings (SSSR count). The Balaban J connectivity index is 2.17. The maximum Gasteiger partial charge on any atom is 0.337 e. The van der Waals surface area contributed by atoms with Gasteiger partial charge in [0, 0.05) is 10.9 Å². The average molecular weight is 327 g/mol. The van der Waals surface area contributed by atoms with Crippen molar-refractivity contribution < 1.29 is 19.5 Å². The molecule has 3 N–H and O–H groups in total. The van der Waals surface area contributed by atoms with Crippen molar-refractivity contribution in [1.29, 1.82) is 0 Å². The summed E-state index contributed by atoms with van der Waals surface area (Å²) in [6.07, 6.45) is 0.730. The van der Waals surface area contributed by atoms with Gasteiger partial charge < -0.3 is 15.7 Å². The number of halogens is 1. The van der Waals surface area contributed by atoms with Crippen molar-refractivity contribution >= 4 is 39.4 Å². The van der Waals surface area contributed by atoms with Gasteiger partial charge in [-0.1, -0.05) is 15.9 Å². The fraction of sp³-hybridized carbons (Fsp3) is 0.250. The van der Waals surface area contributed by atoms with Crippen LogP contribution >= 0.6 is 15.9 Å². The number of amides is 2. The molecule has 1 aliphatic heterocycles. The summed E-state index contributed by atoms with van der Waals surface area (Å²) < 4.78 is 0.608. The molecule has 1 saturated heterocycles. The van der Waals surface area contributed by atoms with Crippen molar-refractivity contribution in [2.45, 2.75) is 18.9 Å². The zero-order chi connectivity index (χ0) is 14.0. The van der Waals surface area contributed by atoms with Crippen molar-refractivity contribution in [1.82, 2.24) is 5.32 Å². The molecule has 7 heteroatoms. The maximum atomic E-state index is 11.9. The molecule has 1 aromatic rings. The lowest BCUT2D eigenvalue weighted by Gasteiger charge is -2.12. The molecule has 1 aliphatic rings. The van der Waals surface area contributed by atoms with Gasteiger partial charge in [0.2, 0.25) is 11.8 Å². The molecule has 0 saturated carbocycles. The summed E-state index contributed by atoms with van der Waals surface area (Å²) in [5.74, 6) is -1.71. The largest absolute Gasteiger partial charge is 0.478 e. The molecular formula is C12H11BrN2O4. The highest BCUT2D eigenvalue weighted by Crippen LogP contribution is 2.22. The number of rotatable bonds is 3. The minimum atomic E-state index is -1.13. The molecule has 1 unspecified atom stereocenters. The lowest BCUT2D eigenvalue weighted by Crippen LogP contribution is -2.37. The van der Waals surface area contributed by atoms with Crippen molar-refractivity contribution in [2.75, 3.05) is 5.32 Å². The van der Waals surface area contributed by atoms with Crippen LogP contribution in [0.15, 0.2) is 22.7 Å².